The predicted molar refractivity (Wildman–Crippen MR) is 134 cm³/mol. The van der Waals surface area contributed by atoms with Gasteiger partial charge in [-0.3, -0.25) is 0 Å². The van der Waals surface area contributed by atoms with Crippen molar-refractivity contribution < 1.29 is 105 Å². The molecule has 0 aromatic heterocycles. The zero-order valence-electron chi connectivity index (χ0n) is 23.5. The second-order valence-electron chi connectivity index (χ2n) is 11.1. The summed E-state index contributed by atoms with van der Waals surface area (Å²) in [6.07, 6.45) is -35.3. The third-order valence-electron chi connectivity index (χ3n) is 8.20. The maximum atomic E-state index is 10.9. The van der Waals surface area contributed by atoms with Gasteiger partial charge in [0.05, 0.1) is 26.4 Å². The fourth-order valence-electron chi connectivity index (χ4n) is 5.55. The van der Waals surface area contributed by atoms with Crippen molar-refractivity contribution in [1.82, 2.24) is 0 Å². The molecule has 4 aliphatic heterocycles. The Morgan fingerprint density at radius 2 is 0.644 bits per heavy atom. The molecule has 20 atom stereocenters. The third kappa shape index (κ3) is 7.44. The van der Waals surface area contributed by atoms with Crippen LogP contribution in [0.4, 0.5) is 0 Å². The summed E-state index contributed by atoms with van der Waals surface area (Å²) in [6.45, 7) is -3.39. The van der Waals surface area contributed by atoms with E-state index in [1.165, 1.54) is 0 Å². The minimum Gasteiger partial charge on any atom is -0.394 e. The summed E-state index contributed by atoms with van der Waals surface area (Å²) < 4.78 is 37.7. The summed E-state index contributed by atoms with van der Waals surface area (Å²) in [7, 11) is 0. The van der Waals surface area contributed by atoms with Crippen LogP contribution in [-0.4, -0.2) is 221 Å². The fourth-order valence-corrected chi connectivity index (χ4v) is 5.55. The molecule has 14 N–H and O–H groups in total. The Morgan fingerprint density at radius 1 is 0.333 bits per heavy atom. The zero-order chi connectivity index (χ0) is 33.3. The first-order valence-electron chi connectivity index (χ1n) is 14.1. The Labute approximate surface area is 254 Å². The lowest BCUT2D eigenvalue weighted by molar-refractivity contribution is -0.387. The van der Waals surface area contributed by atoms with E-state index in [0.29, 0.717) is 0 Å². The quantitative estimate of drug-likeness (QED) is 0.103. The molecule has 4 saturated heterocycles. The van der Waals surface area contributed by atoms with Crippen LogP contribution in [-0.2, 0) is 33.2 Å². The number of aliphatic hydroxyl groups excluding tert-OH is 14. The van der Waals surface area contributed by atoms with Gasteiger partial charge in [0.1, 0.15) is 97.7 Å². The first-order chi connectivity index (χ1) is 21.3. The number of hydrogen-bond donors (Lipinski definition) is 14. The van der Waals surface area contributed by atoms with Crippen molar-refractivity contribution in [3.05, 3.63) is 0 Å². The highest BCUT2D eigenvalue weighted by Crippen LogP contribution is 2.34. The minimum absolute atomic E-state index is 0.784. The molecule has 0 aromatic rings. The molecule has 0 saturated carbocycles. The van der Waals surface area contributed by atoms with Crippen molar-refractivity contribution >= 4 is 0 Å². The van der Waals surface area contributed by atoms with Crippen LogP contribution in [0.1, 0.15) is 0 Å². The topological polar surface area (TPSA) is 348 Å². The first-order valence-corrected chi connectivity index (χ1v) is 14.1. The van der Waals surface area contributed by atoms with Crippen molar-refractivity contribution in [2.24, 2.45) is 0 Å². The second-order valence-corrected chi connectivity index (χ2v) is 11.1. The van der Waals surface area contributed by atoms with Crippen molar-refractivity contribution in [3.8, 4) is 0 Å². The Kier molecular flexibility index (Phi) is 12.8. The van der Waals surface area contributed by atoms with Gasteiger partial charge in [0.15, 0.2) is 25.2 Å². The van der Waals surface area contributed by atoms with Crippen molar-refractivity contribution in [2.75, 3.05) is 26.4 Å². The van der Waals surface area contributed by atoms with E-state index < -0.39 is 149 Å². The van der Waals surface area contributed by atoms with Crippen LogP contribution >= 0.6 is 0 Å². The van der Waals surface area contributed by atoms with Gasteiger partial charge in [-0.2, -0.15) is 0 Å². The molecular weight excluding hydrogens is 624 g/mol. The van der Waals surface area contributed by atoms with E-state index in [9.17, 15) is 71.5 Å². The highest BCUT2D eigenvalue weighted by atomic mass is 16.8. The van der Waals surface area contributed by atoms with Crippen LogP contribution in [0, 0.1) is 0 Å². The second kappa shape index (κ2) is 15.6. The predicted octanol–water partition coefficient (Wildman–Crippen LogP) is -9.75. The van der Waals surface area contributed by atoms with E-state index >= 15 is 0 Å². The molecule has 0 amide bonds. The van der Waals surface area contributed by atoms with Gasteiger partial charge in [0.25, 0.3) is 0 Å². The van der Waals surface area contributed by atoms with E-state index in [4.69, 9.17) is 33.2 Å². The van der Waals surface area contributed by atoms with Crippen molar-refractivity contribution in [3.63, 3.8) is 0 Å². The van der Waals surface area contributed by atoms with Crippen molar-refractivity contribution in [2.45, 2.75) is 123 Å². The molecule has 0 bridgehead atoms. The summed E-state index contributed by atoms with van der Waals surface area (Å²) in [5, 5.41) is 142. The number of aliphatic hydroxyl groups is 14. The Morgan fingerprint density at radius 3 is 1.02 bits per heavy atom. The smallest absolute Gasteiger partial charge is 0.187 e. The number of ether oxygens (including phenoxy) is 7. The zero-order valence-corrected chi connectivity index (χ0v) is 23.5. The maximum absolute atomic E-state index is 10.9. The largest absolute Gasteiger partial charge is 0.394 e. The van der Waals surface area contributed by atoms with Gasteiger partial charge in [-0.1, -0.05) is 0 Å². The molecule has 0 unspecified atom stereocenters. The highest BCUT2D eigenvalue weighted by molar-refractivity contribution is 4.97. The van der Waals surface area contributed by atoms with Gasteiger partial charge >= 0.3 is 0 Å². The first kappa shape index (κ1) is 37.0. The molecule has 0 spiro atoms. The van der Waals surface area contributed by atoms with E-state index in [-0.39, 0.29) is 0 Å². The van der Waals surface area contributed by atoms with Crippen LogP contribution < -0.4 is 0 Å². The van der Waals surface area contributed by atoms with Gasteiger partial charge in [-0.25, -0.2) is 0 Å². The molecule has 0 radical (unpaired) electrons. The summed E-state index contributed by atoms with van der Waals surface area (Å²) in [6, 6.07) is 0. The summed E-state index contributed by atoms with van der Waals surface area (Å²) in [5.41, 5.74) is 0. The van der Waals surface area contributed by atoms with Crippen LogP contribution in [0.15, 0.2) is 0 Å². The molecule has 4 aliphatic rings. The molecule has 45 heavy (non-hydrogen) atoms. The summed E-state index contributed by atoms with van der Waals surface area (Å²) in [5.74, 6) is 0. The SMILES string of the molecule is OC[C@H]1O[C@@H](O[C@H]2[C@H](O)[C@H](O)[C@H](O[C@H]3[C@H](O)[C@H](O)[C@H](O[C@H]4[C@H](O)[C@H](O)[C@@H](O)O[C@@H]4CO)O[C@@H]3CO)O[C@@H]2CO)[C@H](O)[C@@H](O)[C@@H]1O. The van der Waals surface area contributed by atoms with Gasteiger partial charge in [-0.05, 0) is 0 Å². The van der Waals surface area contributed by atoms with E-state index in [0.717, 1.165) is 0 Å². The van der Waals surface area contributed by atoms with Crippen LogP contribution in [0.3, 0.4) is 0 Å². The Hall–Kier alpha value is -0.840. The third-order valence-corrected chi connectivity index (χ3v) is 8.20. The summed E-state index contributed by atoms with van der Waals surface area (Å²) in [4.78, 5) is 0. The average molecular weight is 667 g/mol. The van der Waals surface area contributed by atoms with Gasteiger partial charge in [0, 0.05) is 0 Å². The lowest BCUT2D eigenvalue weighted by Gasteiger charge is -2.49. The van der Waals surface area contributed by atoms with E-state index in [1.807, 2.05) is 0 Å². The van der Waals surface area contributed by atoms with E-state index in [1.54, 1.807) is 0 Å². The molecule has 0 aliphatic carbocycles. The minimum atomic E-state index is -2.02. The van der Waals surface area contributed by atoms with Crippen LogP contribution in [0.5, 0.6) is 0 Å². The maximum Gasteiger partial charge on any atom is 0.187 e. The molecule has 21 heteroatoms. The normalized spacial score (nSPS) is 52.9. The summed E-state index contributed by atoms with van der Waals surface area (Å²) >= 11 is 0. The molecule has 4 fully saturated rings. The molecule has 0 aromatic carbocycles. The molecule has 21 nitrogen and oxygen atoms in total. The lowest BCUT2D eigenvalue weighted by atomic mass is 9.95. The molecule has 4 heterocycles. The average Bonchev–Trinajstić information content (AvgIpc) is 3.03. The fraction of sp³-hybridized carbons (Fsp3) is 1.00. The number of hydrogen-bond acceptors (Lipinski definition) is 21. The van der Waals surface area contributed by atoms with Crippen molar-refractivity contribution in [1.29, 1.82) is 0 Å². The highest BCUT2D eigenvalue weighted by Gasteiger charge is 2.55. The van der Waals surface area contributed by atoms with Gasteiger partial charge < -0.3 is 105 Å². The Balaban J connectivity index is 1.43. The van der Waals surface area contributed by atoms with Gasteiger partial charge in [0.2, 0.25) is 0 Å². The monoisotopic (exact) mass is 666 g/mol. The number of rotatable bonds is 10. The van der Waals surface area contributed by atoms with E-state index in [2.05, 4.69) is 0 Å². The molecule has 4 rings (SSSR count). The van der Waals surface area contributed by atoms with Crippen LogP contribution in [0.2, 0.25) is 0 Å². The standard InChI is InChI=1S/C24H42O21/c25-1-5-9(29)10(30)15(35)22(40-5)44-19-7(3-27)42-24(17(37)12(19)32)45-20-8(4-28)41-23(16(36)13(20)33)43-18-6(2-26)39-21(38)14(34)11(18)31/h5-38H,1-4H2/t5-,6-,7-,8-,9-,10+,11-,12-,13-,14+,15-,16+,17+,18-,19-,20-,21+,22+,23+,24+/m1/s1. The van der Waals surface area contributed by atoms with Crippen LogP contribution in [0.25, 0.3) is 0 Å². The Bertz CT molecular complexity index is 910. The molecular formula is C24H42O21. The molecule has 264 valence electrons. The lowest BCUT2D eigenvalue weighted by Crippen LogP contribution is -2.67. The van der Waals surface area contributed by atoms with Gasteiger partial charge in [-0.15, -0.1) is 0 Å².